The van der Waals surface area contributed by atoms with Crippen LogP contribution in [0.5, 0.6) is 0 Å². The molecule has 0 saturated heterocycles. The highest BCUT2D eigenvalue weighted by Crippen LogP contribution is 2.60. The molecular weight excluding hydrogens is 286 g/mol. The third-order valence-corrected chi connectivity index (χ3v) is 6.62. The summed E-state index contributed by atoms with van der Waals surface area (Å²) < 4.78 is 1.97. The van der Waals surface area contributed by atoms with Crippen LogP contribution in [0.2, 0.25) is 0 Å². The van der Waals surface area contributed by atoms with Crippen molar-refractivity contribution >= 4 is 5.91 Å². The molecule has 126 valence electrons. The number of rotatable bonds is 4. The summed E-state index contributed by atoms with van der Waals surface area (Å²) in [5.74, 6) is 2.87. The van der Waals surface area contributed by atoms with Crippen LogP contribution in [0.3, 0.4) is 0 Å². The van der Waals surface area contributed by atoms with E-state index in [1.54, 1.807) is 0 Å². The van der Waals surface area contributed by atoms with Crippen LogP contribution in [0.4, 0.5) is 0 Å². The van der Waals surface area contributed by atoms with Crippen LogP contribution in [0.15, 0.2) is 6.20 Å². The maximum absolute atomic E-state index is 13.3. The molecule has 0 aromatic carbocycles. The van der Waals surface area contributed by atoms with Crippen molar-refractivity contribution in [1.29, 1.82) is 0 Å². The van der Waals surface area contributed by atoms with Crippen molar-refractivity contribution in [2.45, 2.75) is 65.5 Å². The molecule has 0 spiro atoms. The van der Waals surface area contributed by atoms with Gasteiger partial charge in [0, 0.05) is 31.9 Å². The number of aromatic nitrogens is 2. The van der Waals surface area contributed by atoms with E-state index in [1.807, 2.05) is 23.6 Å². The molecule has 4 bridgehead atoms. The van der Waals surface area contributed by atoms with Crippen molar-refractivity contribution in [3.63, 3.8) is 0 Å². The monoisotopic (exact) mass is 315 g/mol. The van der Waals surface area contributed by atoms with Gasteiger partial charge in [-0.3, -0.25) is 9.48 Å². The van der Waals surface area contributed by atoms with E-state index in [9.17, 15) is 4.79 Å². The summed E-state index contributed by atoms with van der Waals surface area (Å²) >= 11 is 0. The highest BCUT2D eigenvalue weighted by molar-refractivity contribution is 5.83. The molecular formula is C19H29N3O. The van der Waals surface area contributed by atoms with Crippen molar-refractivity contribution in [2.75, 3.05) is 7.05 Å². The molecule has 0 N–H and O–H groups in total. The highest BCUT2D eigenvalue weighted by Gasteiger charge is 2.55. The lowest BCUT2D eigenvalue weighted by molar-refractivity contribution is -0.156. The van der Waals surface area contributed by atoms with Gasteiger partial charge in [0.2, 0.25) is 5.91 Å². The van der Waals surface area contributed by atoms with Gasteiger partial charge in [-0.1, -0.05) is 0 Å². The number of carbonyl (C=O) groups is 1. The summed E-state index contributed by atoms with van der Waals surface area (Å²) in [5, 5.41) is 4.51. The van der Waals surface area contributed by atoms with E-state index in [-0.39, 0.29) is 5.41 Å². The van der Waals surface area contributed by atoms with E-state index in [2.05, 4.69) is 18.2 Å². The molecule has 0 aliphatic heterocycles. The van der Waals surface area contributed by atoms with Crippen LogP contribution < -0.4 is 0 Å². The first-order valence-electron chi connectivity index (χ1n) is 9.27. The van der Waals surface area contributed by atoms with Crippen molar-refractivity contribution in [3.05, 3.63) is 17.5 Å². The van der Waals surface area contributed by atoms with Gasteiger partial charge >= 0.3 is 0 Å². The second-order valence-electron chi connectivity index (χ2n) is 8.45. The van der Waals surface area contributed by atoms with E-state index >= 15 is 0 Å². The van der Waals surface area contributed by atoms with E-state index in [1.165, 1.54) is 24.8 Å². The van der Waals surface area contributed by atoms with Crippen molar-refractivity contribution in [1.82, 2.24) is 14.7 Å². The first-order valence-corrected chi connectivity index (χ1v) is 9.27. The molecule has 4 saturated carbocycles. The maximum atomic E-state index is 13.3. The Morgan fingerprint density at radius 2 is 1.83 bits per heavy atom. The van der Waals surface area contributed by atoms with E-state index in [0.29, 0.717) is 12.5 Å². The van der Waals surface area contributed by atoms with Gasteiger partial charge < -0.3 is 4.90 Å². The van der Waals surface area contributed by atoms with Gasteiger partial charge in [-0.05, 0) is 70.1 Å². The van der Waals surface area contributed by atoms with Crippen LogP contribution in [0, 0.1) is 30.1 Å². The lowest BCUT2D eigenvalue weighted by Gasteiger charge is -2.56. The average Bonchev–Trinajstić information content (AvgIpc) is 2.85. The molecule has 4 fully saturated rings. The third kappa shape index (κ3) is 2.50. The Kier molecular flexibility index (Phi) is 3.54. The Morgan fingerprint density at radius 1 is 1.26 bits per heavy atom. The zero-order chi connectivity index (χ0) is 16.2. The Bertz CT molecular complexity index is 583. The lowest BCUT2D eigenvalue weighted by atomic mass is 9.49. The fourth-order valence-electron chi connectivity index (χ4n) is 5.98. The van der Waals surface area contributed by atoms with Crippen LogP contribution in [0.25, 0.3) is 0 Å². The lowest BCUT2D eigenvalue weighted by Crippen LogP contribution is -2.53. The molecule has 0 radical (unpaired) electrons. The molecule has 4 heteroatoms. The minimum atomic E-state index is -0.0296. The molecule has 23 heavy (non-hydrogen) atoms. The first kappa shape index (κ1) is 15.2. The van der Waals surface area contributed by atoms with E-state index in [4.69, 9.17) is 0 Å². The van der Waals surface area contributed by atoms with Gasteiger partial charge in [-0.2, -0.15) is 5.10 Å². The standard InChI is InChI=1S/C19H29N3O/c1-4-22-12-17(13(2)20-22)11-21(3)18(23)19-8-14-5-15(9-19)7-16(6-14)10-19/h12,14-16H,4-11H2,1-3H3. The van der Waals surface area contributed by atoms with Gasteiger partial charge in [-0.25, -0.2) is 0 Å². The summed E-state index contributed by atoms with van der Waals surface area (Å²) in [7, 11) is 1.99. The highest BCUT2D eigenvalue weighted by atomic mass is 16.2. The predicted molar refractivity (Wildman–Crippen MR) is 89.7 cm³/mol. The molecule has 0 unspecified atom stereocenters. The van der Waals surface area contributed by atoms with Crippen LogP contribution in [-0.4, -0.2) is 27.6 Å². The van der Waals surface area contributed by atoms with Gasteiger partial charge in [0.15, 0.2) is 0 Å². The summed E-state index contributed by atoms with van der Waals surface area (Å²) in [6.07, 6.45) is 9.70. The largest absolute Gasteiger partial charge is 0.341 e. The Hall–Kier alpha value is -1.32. The van der Waals surface area contributed by atoms with Crippen LogP contribution in [-0.2, 0) is 17.9 Å². The van der Waals surface area contributed by atoms with E-state index < -0.39 is 0 Å². The molecule has 1 amide bonds. The van der Waals surface area contributed by atoms with E-state index in [0.717, 1.165) is 49.3 Å². The third-order valence-electron chi connectivity index (χ3n) is 6.62. The molecule has 1 aromatic heterocycles. The zero-order valence-electron chi connectivity index (χ0n) is 14.7. The van der Waals surface area contributed by atoms with Gasteiger partial charge in [0.1, 0.15) is 0 Å². The smallest absolute Gasteiger partial charge is 0.228 e. The predicted octanol–water partition coefficient (Wildman–Crippen LogP) is 3.39. The van der Waals surface area contributed by atoms with Gasteiger partial charge in [0.05, 0.1) is 11.1 Å². The minimum Gasteiger partial charge on any atom is -0.341 e. The van der Waals surface area contributed by atoms with Crippen molar-refractivity contribution in [2.24, 2.45) is 23.2 Å². The fourth-order valence-corrected chi connectivity index (χ4v) is 5.98. The second kappa shape index (κ2) is 5.35. The van der Waals surface area contributed by atoms with Crippen molar-refractivity contribution in [3.8, 4) is 0 Å². The molecule has 4 aliphatic carbocycles. The summed E-state index contributed by atoms with van der Waals surface area (Å²) in [6, 6.07) is 0. The quantitative estimate of drug-likeness (QED) is 0.854. The number of amides is 1. The molecule has 1 heterocycles. The number of hydrogen-bond acceptors (Lipinski definition) is 2. The molecule has 4 aliphatic rings. The molecule has 1 aromatic rings. The average molecular weight is 315 g/mol. The van der Waals surface area contributed by atoms with Gasteiger partial charge in [-0.15, -0.1) is 0 Å². The number of carbonyl (C=O) groups excluding carboxylic acids is 1. The Labute approximate surface area is 139 Å². The summed E-state index contributed by atoms with van der Waals surface area (Å²) in [5.41, 5.74) is 2.21. The van der Waals surface area contributed by atoms with Gasteiger partial charge in [0.25, 0.3) is 0 Å². The SMILES string of the molecule is CCn1cc(CN(C)C(=O)C23CC4CC(CC(C4)C2)C3)c(C)n1. The normalized spacial score (nSPS) is 34.8. The topological polar surface area (TPSA) is 38.1 Å². The second-order valence-corrected chi connectivity index (χ2v) is 8.45. The fraction of sp³-hybridized carbons (Fsp3) is 0.789. The minimum absolute atomic E-state index is 0.0296. The molecule has 4 nitrogen and oxygen atoms in total. The number of hydrogen-bond donors (Lipinski definition) is 0. The molecule has 5 rings (SSSR count). The number of aryl methyl sites for hydroxylation is 2. The first-order chi connectivity index (χ1) is 11.0. The van der Waals surface area contributed by atoms with Crippen LogP contribution in [0.1, 0.15) is 56.7 Å². The summed E-state index contributed by atoms with van der Waals surface area (Å²) in [6.45, 7) is 5.73. The van der Waals surface area contributed by atoms with Crippen LogP contribution >= 0.6 is 0 Å². The van der Waals surface area contributed by atoms with Crippen molar-refractivity contribution < 1.29 is 4.79 Å². The maximum Gasteiger partial charge on any atom is 0.228 e. The zero-order valence-corrected chi connectivity index (χ0v) is 14.7. The Balaban J connectivity index is 1.51. The number of nitrogens with zero attached hydrogens (tertiary/aromatic N) is 3. The summed E-state index contributed by atoms with van der Waals surface area (Å²) in [4.78, 5) is 15.3. The molecule has 0 atom stereocenters. The Morgan fingerprint density at radius 3 is 2.30 bits per heavy atom.